The largest absolute Gasteiger partial charge is 0.480 e. The van der Waals surface area contributed by atoms with Crippen molar-refractivity contribution in [3.63, 3.8) is 0 Å². The Labute approximate surface area is 190 Å². The van der Waals surface area contributed by atoms with Gasteiger partial charge in [0.2, 0.25) is 5.91 Å². The number of hydrogen-bond acceptors (Lipinski definition) is 5. The molecule has 0 aliphatic carbocycles. The molecule has 0 fully saturated rings. The highest BCUT2D eigenvalue weighted by Gasteiger charge is 2.20. The topological polar surface area (TPSA) is 110 Å². The zero-order valence-corrected chi connectivity index (χ0v) is 18.5. The SMILES string of the molecule is CCC[C@@H](NC(=O)CCc1c(C)c2cc3c(-c4ccccc4)coc3cc2oc1=O)C(=O)O. The predicted octanol–water partition coefficient (Wildman–Crippen LogP) is 4.82. The van der Waals surface area contributed by atoms with Crippen molar-refractivity contribution in [3.8, 4) is 11.1 Å². The molecule has 1 atom stereocenters. The summed E-state index contributed by atoms with van der Waals surface area (Å²) in [5, 5.41) is 13.4. The van der Waals surface area contributed by atoms with Gasteiger partial charge in [-0.05, 0) is 37.0 Å². The second kappa shape index (κ2) is 9.32. The molecule has 7 heteroatoms. The fourth-order valence-corrected chi connectivity index (χ4v) is 4.09. The van der Waals surface area contributed by atoms with E-state index in [2.05, 4.69) is 5.32 Å². The van der Waals surface area contributed by atoms with Crippen molar-refractivity contribution in [2.24, 2.45) is 0 Å². The number of amides is 1. The van der Waals surface area contributed by atoms with Gasteiger partial charge < -0.3 is 19.3 Å². The van der Waals surface area contributed by atoms with Crippen LogP contribution in [0.25, 0.3) is 33.1 Å². The lowest BCUT2D eigenvalue weighted by Crippen LogP contribution is -2.40. The van der Waals surface area contributed by atoms with Gasteiger partial charge in [0, 0.05) is 34.4 Å². The van der Waals surface area contributed by atoms with Gasteiger partial charge in [0.1, 0.15) is 17.2 Å². The minimum absolute atomic E-state index is 0.00613. The molecule has 0 saturated carbocycles. The van der Waals surface area contributed by atoms with Crippen molar-refractivity contribution in [3.05, 3.63) is 70.3 Å². The summed E-state index contributed by atoms with van der Waals surface area (Å²) in [6, 6.07) is 12.6. The standard InChI is InChI=1S/C26H25NO6/c1-3-7-21(25(29)30)27-24(28)11-10-17-15(2)18-12-19-20(16-8-5-4-6-9-16)14-32-22(19)13-23(18)33-26(17)31/h4-6,8-9,12-14,21H,3,7,10-11H2,1-2H3,(H,27,28)(H,29,30)/t21-/m1/s1. The molecule has 0 bridgehead atoms. The van der Waals surface area contributed by atoms with Gasteiger partial charge >= 0.3 is 11.6 Å². The van der Waals surface area contributed by atoms with Crippen molar-refractivity contribution >= 4 is 33.8 Å². The fraction of sp³-hybridized carbons (Fsp3) is 0.269. The van der Waals surface area contributed by atoms with E-state index < -0.39 is 23.5 Å². The van der Waals surface area contributed by atoms with Crippen LogP contribution < -0.4 is 10.9 Å². The molecule has 7 nitrogen and oxygen atoms in total. The Hall–Kier alpha value is -3.87. The van der Waals surface area contributed by atoms with E-state index in [9.17, 15) is 19.5 Å². The number of furan rings is 1. The lowest BCUT2D eigenvalue weighted by atomic mass is 9.99. The van der Waals surface area contributed by atoms with Gasteiger partial charge in [-0.3, -0.25) is 4.79 Å². The van der Waals surface area contributed by atoms with Crippen LogP contribution in [0.4, 0.5) is 0 Å². The van der Waals surface area contributed by atoms with Gasteiger partial charge in [-0.25, -0.2) is 9.59 Å². The third kappa shape index (κ3) is 4.53. The summed E-state index contributed by atoms with van der Waals surface area (Å²) in [7, 11) is 0. The van der Waals surface area contributed by atoms with Crippen molar-refractivity contribution in [2.45, 2.75) is 45.6 Å². The van der Waals surface area contributed by atoms with Gasteiger partial charge in [0.15, 0.2) is 0 Å². The summed E-state index contributed by atoms with van der Waals surface area (Å²) in [4.78, 5) is 36.2. The first-order valence-electron chi connectivity index (χ1n) is 10.9. The van der Waals surface area contributed by atoms with Crippen LogP contribution in [0, 0.1) is 6.92 Å². The van der Waals surface area contributed by atoms with Gasteiger partial charge in [-0.2, -0.15) is 0 Å². The van der Waals surface area contributed by atoms with Gasteiger partial charge in [0.05, 0.1) is 6.26 Å². The maximum atomic E-state index is 12.6. The van der Waals surface area contributed by atoms with Gasteiger partial charge in [-0.1, -0.05) is 43.7 Å². The molecule has 0 radical (unpaired) electrons. The fourth-order valence-electron chi connectivity index (χ4n) is 4.09. The summed E-state index contributed by atoms with van der Waals surface area (Å²) < 4.78 is 11.3. The molecule has 2 aromatic heterocycles. The Bertz CT molecular complexity index is 1380. The number of carboxylic acids is 1. The number of aliphatic carboxylic acids is 1. The van der Waals surface area contributed by atoms with E-state index in [4.69, 9.17) is 8.83 Å². The highest BCUT2D eigenvalue weighted by Crippen LogP contribution is 2.34. The lowest BCUT2D eigenvalue weighted by molar-refractivity contribution is -0.142. The van der Waals surface area contributed by atoms with E-state index in [0.717, 1.165) is 27.5 Å². The Morgan fingerprint density at radius 3 is 2.55 bits per heavy atom. The Kier molecular flexibility index (Phi) is 6.31. The number of benzene rings is 2. The van der Waals surface area contributed by atoms with E-state index in [-0.39, 0.29) is 12.8 Å². The number of carbonyl (C=O) groups is 2. The van der Waals surface area contributed by atoms with E-state index >= 15 is 0 Å². The lowest BCUT2D eigenvalue weighted by Gasteiger charge is -2.13. The molecule has 33 heavy (non-hydrogen) atoms. The molecule has 170 valence electrons. The van der Waals surface area contributed by atoms with E-state index in [1.165, 1.54) is 0 Å². The number of hydrogen-bond donors (Lipinski definition) is 2. The van der Waals surface area contributed by atoms with E-state index in [1.807, 2.05) is 50.2 Å². The summed E-state index contributed by atoms with van der Waals surface area (Å²) in [6.45, 7) is 3.68. The first kappa shape index (κ1) is 22.3. The van der Waals surface area contributed by atoms with Crippen LogP contribution in [-0.2, 0) is 16.0 Å². The van der Waals surface area contributed by atoms with Crippen molar-refractivity contribution in [2.75, 3.05) is 0 Å². The van der Waals surface area contributed by atoms with Crippen LogP contribution in [0.3, 0.4) is 0 Å². The first-order chi connectivity index (χ1) is 15.9. The molecule has 1 amide bonds. The summed E-state index contributed by atoms with van der Waals surface area (Å²) >= 11 is 0. The molecule has 0 saturated heterocycles. The highest BCUT2D eigenvalue weighted by atomic mass is 16.4. The average Bonchev–Trinajstić information content (AvgIpc) is 3.21. The highest BCUT2D eigenvalue weighted by molar-refractivity contribution is 6.02. The summed E-state index contributed by atoms with van der Waals surface area (Å²) in [5.41, 5.74) is 3.62. The second-order valence-electron chi connectivity index (χ2n) is 8.10. The van der Waals surface area contributed by atoms with Crippen LogP contribution in [-0.4, -0.2) is 23.0 Å². The average molecular weight is 447 g/mol. The molecule has 2 N–H and O–H groups in total. The number of carbonyl (C=O) groups excluding carboxylic acids is 1. The molecule has 0 unspecified atom stereocenters. The second-order valence-corrected chi connectivity index (χ2v) is 8.10. The number of nitrogens with one attached hydrogen (secondary N) is 1. The van der Waals surface area contributed by atoms with Crippen LogP contribution in [0.2, 0.25) is 0 Å². The number of fused-ring (bicyclic) bond motifs is 2. The number of rotatable bonds is 8. The van der Waals surface area contributed by atoms with Crippen LogP contribution in [0.1, 0.15) is 37.3 Å². The molecule has 0 spiro atoms. The van der Waals surface area contributed by atoms with E-state index in [0.29, 0.717) is 29.6 Å². The third-order valence-corrected chi connectivity index (χ3v) is 5.88. The Balaban J connectivity index is 1.65. The molecule has 2 heterocycles. The minimum Gasteiger partial charge on any atom is -0.480 e. The zero-order chi connectivity index (χ0) is 23.5. The Morgan fingerprint density at radius 1 is 1.09 bits per heavy atom. The monoisotopic (exact) mass is 447 g/mol. The maximum absolute atomic E-state index is 12.6. The van der Waals surface area contributed by atoms with Gasteiger partial charge in [-0.15, -0.1) is 0 Å². The van der Waals surface area contributed by atoms with Crippen LogP contribution >= 0.6 is 0 Å². The summed E-state index contributed by atoms with van der Waals surface area (Å²) in [5.74, 6) is -1.48. The molecular formula is C26H25NO6. The maximum Gasteiger partial charge on any atom is 0.339 e. The number of aryl methyl sites for hydroxylation is 1. The van der Waals surface area contributed by atoms with Crippen molar-refractivity contribution in [1.29, 1.82) is 0 Å². The molecule has 4 aromatic rings. The number of carboxylic acid groups (broad SMARTS) is 1. The van der Waals surface area contributed by atoms with Crippen molar-refractivity contribution in [1.82, 2.24) is 5.32 Å². The molecule has 0 aliphatic heterocycles. The molecule has 2 aromatic carbocycles. The molecular weight excluding hydrogens is 422 g/mol. The Morgan fingerprint density at radius 2 is 1.85 bits per heavy atom. The van der Waals surface area contributed by atoms with Gasteiger partial charge in [0.25, 0.3) is 0 Å². The molecule has 0 aliphatic rings. The first-order valence-corrected chi connectivity index (χ1v) is 10.9. The smallest absolute Gasteiger partial charge is 0.339 e. The third-order valence-electron chi connectivity index (χ3n) is 5.88. The normalized spacial score (nSPS) is 12.2. The quantitative estimate of drug-likeness (QED) is 0.375. The van der Waals surface area contributed by atoms with E-state index in [1.54, 1.807) is 12.3 Å². The zero-order valence-electron chi connectivity index (χ0n) is 18.5. The van der Waals surface area contributed by atoms with Crippen molar-refractivity contribution < 1.29 is 23.5 Å². The van der Waals surface area contributed by atoms with Crippen LogP contribution in [0.5, 0.6) is 0 Å². The summed E-state index contributed by atoms with van der Waals surface area (Å²) in [6.07, 6.45) is 2.82. The molecule has 4 rings (SSSR count). The van der Waals surface area contributed by atoms with Crippen LogP contribution in [0.15, 0.2) is 62.4 Å². The minimum atomic E-state index is -1.06. The predicted molar refractivity (Wildman–Crippen MR) is 125 cm³/mol.